The summed E-state index contributed by atoms with van der Waals surface area (Å²) < 4.78 is 7.93. The lowest BCUT2D eigenvalue weighted by molar-refractivity contribution is 0.298. The number of rotatable bonds is 5. The summed E-state index contributed by atoms with van der Waals surface area (Å²) in [7, 11) is 0. The molecule has 0 spiro atoms. The van der Waals surface area contributed by atoms with E-state index in [0.29, 0.717) is 12.5 Å². The minimum Gasteiger partial charge on any atom is -0.492 e. The Morgan fingerprint density at radius 3 is 2.67 bits per heavy atom. The largest absolute Gasteiger partial charge is 0.492 e. The molecule has 3 rings (SSSR count). The minimum atomic E-state index is 0.402. The topological polar surface area (TPSA) is 27.1 Å². The normalized spacial score (nSPS) is 11.0. The first-order valence-corrected chi connectivity index (χ1v) is 7.51. The zero-order valence-electron chi connectivity index (χ0n) is 11.9. The van der Waals surface area contributed by atoms with E-state index in [-0.39, 0.29) is 0 Å². The summed E-state index contributed by atoms with van der Waals surface area (Å²) in [6.07, 6.45) is 0. The van der Waals surface area contributed by atoms with Gasteiger partial charge in [-0.2, -0.15) is 0 Å². The van der Waals surface area contributed by atoms with Crippen LogP contribution in [0, 0.1) is 6.92 Å². The third-order valence-electron chi connectivity index (χ3n) is 3.49. The van der Waals surface area contributed by atoms with Gasteiger partial charge in [-0.25, -0.2) is 4.98 Å². The van der Waals surface area contributed by atoms with Gasteiger partial charge in [-0.05, 0) is 30.7 Å². The summed E-state index contributed by atoms with van der Waals surface area (Å²) in [4.78, 5) is 4.59. The van der Waals surface area contributed by atoms with Gasteiger partial charge in [0.1, 0.15) is 18.2 Å². The van der Waals surface area contributed by atoms with Crippen molar-refractivity contribution in [3.8, 4) is 5.75 Å². The maximum Gasteiger partial charge on any atom is 0.124 e. The van der Waals surface area contributed by atoms with Gasteiger partial charge in [0.25, 0.3) is 0 Å². The molecule has 4 heteroatoms. The van der Waals surface area contributed by atoms with E-state index >= 15 is 0 Å². The summed E-state index contributed by atoms with van der Waals surface area (Å²) in [6, 6.07) is 16.0. The number of halogens is 1. The fraction of sp³-hybridized carbons (Fsp3) is 0.235. The highest BCUT2D eigenvalue weighted by Gasteiger charge is 2.11. The van der Waals surface area contributed by atoms with E-state index in [4.69, 9.17) is 16.3 Å². The van der Waals surface area contributed by atoms with Crippen LogP contribution in [0.25, 0.3) is 11.0 Å². The Morgan fingerprint density at radius 2 is 1.90 bits per heavy atom. The van der Waals surface area contributed by atoms with Crippen LogP contribution >= 0.6 is 11.6 Å². The molecule has 0 amide bonds. The summed E-state index contributed by atoms with van der Waals surface area (Å²) in [6.45, 7) is 3.42. The molecule has 0 saturated heterocycles. The van der Waals surface area contributed by atoms with Crippen molar-refractivity contribution in [2.45, 2.75) is 19.3 Å². The molecule has 1 heterocycles. The molecule has 0 N–H and O–H groups in total. The molecule has 1 aromatic heterocycles. The Balaban J connectivity index is 1.83. The maximum atomic E-state index is 6.03. The Labute approximate surface area is 129 Å². The summed E-state index contributed by atoms with van der Waals surface area (Å²) in [5, 5.41) is 0. The quantitative estimate of drug-likeness (QED) is 0.662. The number of hydrogen-bond donors (Lipinski definition) is 0. The van der Waals surface area contributed by atoms with Crippen molar-refractivity contribution < 1.29 is 4.74 Å². The minimum absolute atomic E-state index is 0.402. The Hall–Kier alpha value is -2.00. The Bertz CT molecular complexity index is 737. The SMILES string of the molecule is Cc1cccc2nc(CCl)n(CCOc3ccccc3)c12. The fourth-order valence-corrected chi connectivity index (χ4v) is 2.73. The molecule has 0 aliphatic carbocycles. The first kappa shape index (κ1) is 14.0. The van der Waals surface area contributed by atoms with E-state index in [1.165, 1.54) is 5.56 Å². The smallest absolute Gasteiger partial charge is 0.124 e. The molecular formula is C17H17ClN2O. The van der Waals surface area contributed by atoms with Crippen LogP contribution in [-0.4, -0.2) is 16.2 Å². The van der Waals surface area contributed by atoms with Crippen LogP contribution in [0.1, 0.15) is 11.4 Å². The van der Waals surface area contributed by atoms with E-state index in [1.54, 1.807) is 0 Å². The molecule has 0 atom stereocenters. The predicted octanol–water partition coefficient (Wildman–Crippen LogP) is 4.16. The Morgan fingerprint density at radius 1 is 1.10 bits per heavy atom. The van der Waals surface area contributed by atoms with Gasteiger partial charge in [-0.3, -0.25) is 0 Å². The lowest BCUT2D eigenvalue weighted by Gasteiger charge is -2.10. The number of hydrogen-bond acceptors (Lipinski definition) is 2. The van der Waals surface area contributed by atoms with E-state index in [2.05, 4.69) is 22.5 Å². The second-order valence-corrected chi connectivity index (χ2v) is 5.18. The summed E-state index contributed by atoms with van der Waals surface area (Å²) >= 11 is 6.03. The molecule has 0 fully saturated rings. The molecule has 0 saturated carbocycles. The number of nitrogens with zero attached hydrogens (tertiary/aromatic N) is 2. The molecule has 0 radical (unpaired) electrons. The van der Waals surface area contributed by atoms with Gasteiger partial charge < -0.3 is 9.30 Å². The average Bonchev–Trinajstić information content (AvgIpc) is 2.88. The molecule has 0 bridgehead atoms. The van der Waals surface area contributed by atoms with Crippen LogP contribution in [0.4, 0.5) is 0 Å². The lowest BCUT2D eigenvalue weighted by atomic mass is 10.2. The number of benzene rings is 2. The number of alkyl halides is 1. The van der Waals surface area contributed by atoms with Crippen LogP contribution in [0.3, 0.4) is 0 Å². The standard InChI is InChI=1S/C17H17ClN2O/c1-13-6-5-9-15-17(13)20(16(12-18)19-15)10-11-21-14-7-3-2-4-8-14/h2-9H,10-12H2,1H3. The summed E-state index contributed by atoms with van der Waals surface area (Å²) in [5.74, 6) is 2.17. The van der Waals surface area contributed by atoms with Gasteiger partial charge in [0.15, 0.2) is 0 Å². The number of ether oxygens (including phenoxy) is 1. The highest BCUT2D eigenvalue weighted by molar-refractivity contribution is 6.16. The first-order valence-electron chi connectivity index (χ1n) is 6.98. The predicted molar refractivity (Wildman–Crippen MR) is 86.0 cm³/mol. The van der Waals surface area contributed by atoms with Gasteiger partial charge in [0.05, 0.1) is 23.5 Å². The van der Waals surface area contributed by atoms with E-state index < -0.39 is 0 Å². The van der Waals surface area contributed by atoms with Crippen molar-refractivity contribution in [2.75, 3.05) is 6.61 Å². The van der Waals surface area contributed by atoms with Crippen LogP contribution in [0.15, 0.2) is 48.5 Å². The third kappa shape index (κ3) is 2.88. The molecular weight excluding hydrogens is 284 g/mol. The molecule has 3 nitrogen and oxygen atoms in total. The van der Waals surface area contributed by atoms with Gasteiger partial charge in [0.2, 0.25) is 0 Å². The molecule has 0 aliphatic rings. The van der Waals surface area contributed by atoms with Gasteiger partial charge >= 0.3 is 0 Å². The molecule has 0 unspecified atom stereocenters. The third-order valence-corrected chi connectivity index (χ3v) is 3.73. The van der Waals surface area contributed by atoms with E-state index in [9.17, 15) is 0 Å². The summed E-state index contributed by atoms with van der Waals surface area (Å²) in [5.41, 5.74) is 3.34. The van der Waals surface area contributed by atoms with Gasteiger partial charge in [-0.1, -0.05) is 30.3 Å². The lowest BCUT2D eigenvalue weighted by Crippen LogP contribution is -2.11. The van der Waals surface area contributed by atoms with E-state index in [0.717, 1.165) is 29.2 Å². The monoisotopic (exact) mass is 300 g/mol. The van der Waals surface area contributed by atoms with Crippen LogP contribution in [-0.2, 0) is 12.4 Å². The van der Waals surface area contributed by atoms with Crippen molar-refractivity contribution >= 4 is 22.6 Å². The van der Waals surface area contributed by atoms with Crippen molar-refractivity contribution in [3.63, 3.8) is 0 Å². The van der Waals surface area contributed by atoms with Crippen molar-refractivity contribution in [2.24, 2.45) is 0 Å². The highest BCUT2D eigenvalue weighted by Crippen LogP contribution is 2.21. The van der Waals surface area contributed by atoms with Crippen molar-refractivity contribution in [1.82, 2.24) is 9.55 Å². The average molecular weight is 301 g/mol. The fourth-order valence-electron chi connectivity index (χ4n) is 2.53. The van der Waals surface area contributed by atoms with E-state index in [1.807, 2.05) is 42.5 Å². The van der Waals surface area contributed by atoms with Crippen molar-refractivity contribution in [3.05, 3.63) is 59.9 Å². The van der Waals surface area contributed by atoms with Gasteiger partial charge in [0, 0.05) is 0 Å². The molecule has 21 heavy (non-hydrogen) atoms. The Kier molecular flexibility index (Phi) is 4.11. The van der Waals surface area contributed by atoms with Crippen LogP contribution in [0.5, 0.6) is 5.75 Å². The van der Waals surface area contributed by atoms with Crippen LogP contribution < -0.4 is 4.74 Å². The number of para-hydroxylation sites is 2. The zero-order valence-corrected chi connectivity index (χ0v) is 12.7. The maximum absolute atomic E-state index is 6.03. The second kappa shape index (κ2) is 6.19. The second-order valence-electron chi connectivity index (χ2n) is 4.92. The number of imidazole rings is 1. The molecule has 108 valence electrons. The molecule has 0 aliphatic heterocycles. The van der Waals surface area contributed by atoms with Gasteiger partial charge in [-0.15, -0.1) is 11.6 Å². The van der Waals surface area contributed by atoms with Crippen LogP contribution in [0.2, 0.25) is 0 Å². The number of aromatic nitrogens is 2. The zero-order chi connectivity index (χ0) is 14.7. The molecule has 2 aromatic carbocycles. The molecule has 3 aromatic rings. The number of fused-ring (bicyclic) bond motifs is 1. The number of aryl methyl sites for hydroxylation is 1. The first-order chi connectivity index (χ1) is 10.3. The highest BCUT2D eigenvalue weighted by atomic mass is 35.5. The van der Waals surface area contributed by atoms with Crippen molar-refractivity contribution in [1.29, 1.82) is 0 Å².